The number of halogens is 2. The second-order valence-corrected chi connectivity index (χ2v) is 7.46. The highest BCUT2D eigenvalue weighted by Crippen LogP contribution is 2.27. The van der Waals surface area contributed by atoms with Gasteiger partial charge in [-0.15, -0.1) is 0 Å². The fraction of sp³-hybridized carbons (Fsp3) is 0.417. The molecule has 18 heavy (non-hydrogen) atoms. The average Bonchev–Trinajstić information content (AvgIpc) is 2.31. The third-order valence-electron chi connectivity index (χ3n) is 3.08. The molecule has 0 aliphatic carbocycles. The first kappa shape index (κ1) is 13.8. The zero-order valence-corrected chi connectivity index (χ0v) is 11.9. The van der Waals surface area contributed by atoms with E-state index in [2.05, 4.69) is 0 Å². The molecule has 1 atom stereocenters. The number of benzene rings is 1. The Morgan fingerprint density at radius 1 is 1.17 bits per heavy atom. The molecule has 3 nitrogen and oxygen atoms in total. The Labute approximate surface area is 116 Å². The summed E-state index contributed by atoms with van der Waals surface area (Å²) in [7, 11) is -3.32. The number of hydrogen-bond donors (Lipinski definition) is 0. The van der Waals surface area contributed by atoms with Crippen LogP contribution in [0.4, 0.5) is 0 Å². The fourth-order valence-corrected chi connectivity index (χ4v) is 4.26. The minimum absolute atomic E-state index is 0.0880. The van der Waals surface area contributed by atoms with Gasteiger partial charge in [0.1, 0.15) is 5.25 Å². The van der Waals surface area contributed by atoms with E-state index in [0.717, 1.165) is 6.42 Å². The maximum absolute atomic E-state index is 12.2. The number of sulfone groups is 1. The van der Waals surface area contributed by atoms with E-state index in [1.54, 1.807) is 0 Å². The molecule has 2 rings (SSSR count). The third kappa shape index (κ3) is 2.71. The van der Waals surface area contributed by atoms with E-state index in [9.17, 15) is 13.2 Å². The van der Waals surface area contributed by atoms with Gasteiger partial charge in [-0.05, 0) is 31.0 Å². The van der Waals surface area contributed by atoms with Gasteiger partial charge < -0.3 is 0 Å². The van der Waals surface area contributed by atoms with Crippen LogP contribution < -0.4 is 0 Å². The standard InChI is InChI=1S/C12H12Cl2O3S/c13-9-5-4-8(7-10(9)14)12(15)11-3-1-2-6-18(11,16)17/h4-5,7,11H,1-3,6H2. The van der Waals surface area contributed by atoms with Gasteiger partial charge in [0.05, 0.1) is 15.8 Å². The Morgan fingerprint density at radius 2 is 1.89 bits per heavy atom. The van der Waals surface area contributed by atoms with Crippen molar-refractivity contribution in [3.05, 3.63) is 33.8 Å². The molecular weight excluding hydrogens is 295 g/mol. The smallest absolute Gasteiger partial charge is 0.181 e. The van der Waals surface area contributed by atoms with Crippen LogP contribution in [0.15, 0.2) is 18.2 Å². The number of hydrogen-bond acceptors (Lipinski definition) is 3. The van der Waals surface area contributed by atoms with E-state index >= 15 is 0 Å². The Kier molecular flexibility index (Phi) is 3.99. The van der Waals surface area contributed by atoms with Gasteiger partial charge in [-0.3, -0.25) is 4.79 Å². The van der Waals surface area contributed by atoms with Gasteiger partial charge in [0.2, 0.25) is 0 Å². The predicted molar refractivity (Wildman–Crippen MR) is 72.2 cm³/mol. The molecule has 1 aliphatic heterocycles. The molecule has 1 aromatic rings. The van der Waals surface area contributed by atoms with Crippen molar-refractivity contribution in [1.82, 2.24) is 0 Å². The van der Waals surface area contributed by atoms with Crippen molar-refractivity contribution < 1.29 is 13.2 Å². The van der Waals surface area contributed by atoms with Gasteiger partial charge in [-0.2, -0.15) is 0 Å². The Hall–Kier alpha value is -0.580. The summed E-state index contributed by atoms with van der Waals surface area (Å²) in [4.78, 5) is 12.2. The van der Waals surface area contributed by atoms with Gasteiger partial charge in [0.15, 0.2) is 15.6 Å². The summed E-state index contributed by atoms with van der Waals surface area (Å²) in [6.07, 6.45) is 1.78. The Bertz CT molecular complexity index is 581. The van der Waals surface area contributed by atoms with Crippen LogP contribution >= 0.6 is 23.2 Å². The summed E-state index contributed by atoms with van der Waals surface area (Å²) in [5.41, 5.74) is 0.305. The van der Waals surface area contributed by atoms with Crippen LogP contribution in [0.1, 0.15) is 29.6 Å². The minimum Gasteiger partial charge on any atom is -0.293 e. The van der Waals surface area contributed by atoms with Crippen LogP contribution in [0.25, 0.3) is 0 Å². The van der Waals surface area contributed by atoms with E-state index < -0.39 is 15.1 Å². The number of ketones is 1. The van der Waals surface area contributed by atoms with Crippen molar-refractivity contribution in [2.24, 2.45) is 0 Å². The zero-order valence-electron chi connectivity index (χ0n) is 9.53. The molecule has 1 unspecified atom stereocenters. The molecule has 6 heteroatoms. The van der Waals surface area contributed by atoms with Gasteiger partial charge in [-0.25, -0.2) is 8.42 Å². The van der Waals surface area contributed by atoms with Crippen molar-refractivity contribution in [1.29, 1.82) is 0 Å². The van der Waals surface area contributed by atoms with Crippen LogP contribution in [0.5, 0.6) is 0 Å². The molecule has 0 amide bonds. The lowest BCUT2D eigenvalue weighted by molar-refractivity contribution is 0.0981. The molecule has 0 aromatic heterocycles. The van der Waals surface area contributed by atoms with E-state index in [-0.39, 0.29) is 16.6 Å². The Morgan fingerprint density at radius 3 is 2.50 bits per heavy atom. The van der Waals surface area contributed by atoms with Crippen LogP contribution in [-0.4, -0.2) is 25.2 Å². The van der Waals surface area contributed by atoms with E-state index in [4.69, 9.17) is 23.2 Å². The molecule has 1 aliphatic rings. The molecule has 98 valence electrons. The largest absolute Gasteiger partial charge is 0.293 e. The first-order chi connectivity index (χ1) is 8.42. The molecule has 0 spiro atoms. The minimum atomic E-state index is -3.32. The molecular formula is C12H12Cl2O3S. The lowest BCUT2D eigenvalue weighted by Crippen LogP contribution is -2.35. The summed E-state index contributed by atoms with van der Waals surface area (Å²) < 4.78 is 23.7. The van der Waals surface area contributed by atoms with Crippen molar-refractivity contribution in [3.8, 4) is 0 Å². The maximum atomic E-state index is 12.2. The number of carbonyl (C=O) groups is 1. The van der Waals surface area contributed by atoms with Gasteiger partial charge in [0, 0.05) is 5.56 Å². The normalized spacial score (nSPS) is 22.7. The third-order valence-corrected chi connectivity index (χ3v) is 5.99. The van der Waals surface area contributed by atoms with Crippen molar-refractivity contribution >= 4 is 38.8 Å². The summed E-state index contributed by atoms with van der Waals surface area (Å²) in [5.74, 6) is -0.293. The van der Waals surface area contributed by atoms with Crippen LogP contribution in [0, 0.1) is 0 Å². The second-order valence-electron chi connectivity index (χ2n) is 4.34. The van der Waals surface area contributed by atoms with E-state index in [1.165, 1.54) is 18.2 Å². The molecule has 1 heterocycles. The van der Waals surface area contributed by atoms with Crippen LogP contribution in [0.3, 0.4) is 0 Å². The summed E-state index contributed by atoms with van der Waals surface area (Å²) in [5, 5.41) is -0.320. The quantitative estimate of drug-likeness (QED) is 0.789. The van der Waals surface area contributed by atoms with Crippen molar-refractivity contribution in [3.63, 3.8) is 0 Å². The summed E-state index contributed by atoms with van der Waals surface area (Å²) in [6, 6.07) is 4.45. The monoisotopic (exact) mass is 306 g/mol. The molecule has 0 N–H and O–H groups in total. The highest BCUT2D eigenvalue weighted by molar-refractivity contribution is 7.92. The van der Waals surface area contributed by atoms with E-state index in [1.807, 2.05) is 0 Å². The highest BCUT2D eigenvalue weighted by atomic mass is 35.5. The Balaban J connectivity index is 2.33. The van der Waals surface area contributed by atoms with Gasteiger partial charge >= 0.3 is 0 Å². The number of Topliss-reactive ketones (excluding diaryl/α,β-unsaturated/α-hetero) is 1. The molecule has 0 bridgehead atoms. The van der Waals surface area contributed by atoms with Gasteiger partial charge in [0.25, 0.3) is 0 Å². The molecule has 1 saturated heterocycles. The number of carbonyl (C=O) groups excluding carboxylic acids is 1. The molecule has 0 saturated carbocycles. The molecule has 0 radical (unpaired) electrons. The average molecular weight is 307 g/mol. The summed E-state index contributed by atoms with van der Waals surface area (Å²) >= 11 is 11.6. The first-order valence-electron chi connectivity index (χ1n) is 5.62. The molecule has 1 fully saturated rings. The fourth-order valence-electron chi connectivity index (χ4n) is 2.08. The predicted octanol–water partition coefficient (Wildman–Crippen LogP) is 3.14. The first-order valence-corrected chi connectivity index (χ1v) is 8.10. The lowest BCUT2D eigenvalue weighted by atomic mass is 10.0. The molecule has 1 aromatic carbocycles. The van der Waals surface area contributed by atoms with Crippen molar-refractivity contribution in [2.45, 2.75) is 24.5 Å². The van der Waals surface area contributed by atoms with Crippen molar-refractivity contribution in [2.75, 3.05) is 5.75 Å². The second kappa shape index (κ2) is 5.19. The van der Waals surface area contributed by atoms with E-state index in [0.29, 0.717) is 23.4 Å². The topological polar surface area (TPSA) is 51.2 Å². The van der Waals surface area contributed by atoms with Gasteiger partial charge in [-0.1, -0.05) is 29.6 Å². The van der Waals surface area contributed by atoms with Crippen LogP contribution in [0.2, 0.25) is 10.0 Å². The maximum Gasteiger partial charge on any atom is 0.181 e. The lowest BCUT2D eigenvalue weighted by Gasteiger charge is -2.21. The number of rotatable bonds is 2. The van der Waals surface area contributed by atoms with Crippen LogP contribution in [-0.2, 0) is 9.84 Å². The SMILES string of the molecule is O=C(c1ccc(Cl)c(Cl)c1)C1CCCCS1(=O)=O. The highest BCUT2D eigenvalue weighted by Gasteiger charge is 2.35. The zero-order chi connectivity index (χ0) is 13.3. The summed E-state index contributed by atoms with van der Waals surface area (Å²) in [6.45, 7) is 0.